The third kappa shape index (κ3) is 29.0. The average Bonchev–Trinajstić information content (AvgIpc) is 2.61. The van der Waals surface area contributed by atoms with Crippen molar-refractivity contribution in [1.29, 1.82) is 0 Å². The molecule has 1 unspecified atom stereocenters. The van der Waals surface area contributed by atoms with Gasteiger partial charge in [0.2, 0.25) is 10.4 Å². The van der Waals surface area contributed by atoms with E-state index in [1.165, 1.54) is 101 Å². The van der Waals surface area contributed by atoms with Gasteiger partial charge in [0.25, 0.3) is 0 Å². The summed E-state index contributed by atoms with van der Waals surface area (Å²) in [7, 11) is -2.90. The van der Waals surface area contributed by atoms with E-state index in [-0.39, 0.29) is 0 Å². The molecule has 1 atom stereocenters. The predicted molar refractivity (Wildman–Crippen MR) is 116 cm³/mol. The third-order valence-electron chi connectivity index (χ3n) is 4.54. The molecule has 4 nitrogen and oxygen atoms in total. The Morgan fingerprint density at radius 3 is 1.31 bits per heavy atom. The van der Waals surface area contributed by atoms with Crippen LogP contribution >= 0.6 is 0 Å². The normalized spacial score (nSPS) is 12.5. The van der Waals surface area contributed by atoms with Gasteiger partial charge < -0.3 is 4.55 Å². The fourth-order valence-corrected chi connectivity index (χ4v) is 3.67. The van der Waals surface area contributed by atoms with Crippen LogP contribution in [0, 0.1) is 0 Å². The van der Waals surface area contributed by atoms with Crippen LogP contribution in [0.1, 0.15) is 104 Å². The van der Waals surface area contributed by atoms with Gasteiger partial charge >= 0.3 is 0 Å². The zero-order chi connectivity index (χ0) is 20.1. The zero-order valence-corrected chi connectivity index (χ0v) is 19.4. The van der Waals surface area contributed by atoms with Gasteiger partial charge in [0.05, 0.1) is 13.4 Å². The van der Waals surface area contributed by atoms with E-state index in [4.69, 9.17) is 0 Å². The summed E-state index contributed by atoms with van der Waals surface area (Å²) < 4.78 is 31.0. The highest BCUT2D eigenvalue weighted by Gasteiger charge is 2.05. The summed E-state index contributed by atoms with van der Waals surface area (Å²) in [5, 5.41) is 0. The lowest BCUT2D eigenvalue weighted by Gasteiger charge is -2.03. The lowest BCUT2D eigenvalue weighted by atomic mass is 10.0. The standard InChI is InChI=1S/C19H41S.CH4O4S/c1-4-6-7-8-9-10-11-12-13-14-15-16-17-18-19-20(3)5-2;1-5-6(2,3)4/h4-19H2,1-3H3;1H3,(H,2,3,4)/q+1;/p-1. The lowest BCUT2D eigenvalue weighted by molar-refractivity contribution is 0.314. The first kappa shape index (κ1) is 28.4. The van der Waals surface area contributed by atoms with E-state index in [2.05, 4.69) is 24.3 Å². The molecule has 6 heteroatoms. The fraction of sp³-hybridized carbons (Fsp3) is 1.00. The first-order valence-electron chi connectivity index (χ1n) is 10.5. The van der Waals surface area contributed by atoms with Crippen LogP contribution in [0.5, 0.6) is 0 Å². The first-order chi connectivity index (χ1) is 12.4. The SMILES string of the molecule is CCCCCCCCCCCCCCCC[S+](C)CC.COS(=O)(=O)[O-]. The first-order valence-corrected chi connectivity index (χ1v) is 13.8. The molecule has 0 aliphatic heterocycles. The van der Waals surface area contributed by atoms with E-state index >= 15 is 0 Å². The van der Waals surface area contributed by atoms with Crippen LogP contribution in [0.4, 0.5) is 0 Å². The maximum atomic E-state index is 9.22. The van der Waals surface area contributed by atoms with Crippen molar-refractivity contribution < 1.29 is 17.2 Å². The van der Waals surface area contributed by atoms with E-state index in [9.17, 15) is 13.0 Å². The molecule has 0 saturated heterocycles. The molecule has 0 aliphatic carbocycles. The number of hydrogen-bond donors (Lipinski definition) is 0. The molecule has 26 heavy (non-hydrogen) atoms. The summed E-state index contributed by atoms with van der Waals surface area (Å²) in [6, 6.07) is 0. The van der Waals surface area contributed by atoms with E-state index in [0.717, 1.165) is 7.11 Å². The van der Waals surface area contributed by atoms with Crippen LogP contribution in [0.2, 0.25) is 0 Å². The maximum Gasteiger partial charge on any atom is 0.217 e. The molecule has 0 radical (unpaired) electrons. The van der Waals surface area contributed by atoms with Crippen molar-refractivity contribution in [1.82, 2.24) is 0 Å². The van der Waals surface area contributed by atoms with Gasteiger partial charge in [-0.15, -0.1) is 0 Å². The van der Waals surface area contributed by atoms with Gasteiger partial charge in [0, 0.05) is 0 Å². The van der Waals surface area contributed by atoms with E-state index in [1.54, 1.807) is 0 Å². The van der Waals surface area contributed by atoms with Crippen molar-refractivity contribution in [3.63, 3.8) is 0 Å². The van der Waals surface area contributed by atoms with Crippen molar-refractivity contribution in [2.45, 2.75) is 104 Å². The molecular weight excluding hydrogens is 368 g/mol. The zero-order valence-electron chi connectivity index (χ0n) is 17.8. The van der Waals surface area contributed by atoms with E-state index in [0.29, 0.717) is 10.9 Å². The minimum atomic E-state index is -4.41. The Balaban J connectivity index is 0. The molecule has 0 rings (SSSR count). The molecule has 0 aromatic carbocycles. The molecule has 0 fully saturated rings. The van der Waals surface area contributed by atoms with Gasteiger partial charge in [0.1, 0.15) is 11.5 Å². The van der Waals surface area contributed by atoms with Crippen LogP contribution in [0.15, 0.2) is 0 Å². The van der Waals surface area contributed by atoms with Gasteiger partial charge in [-0.25, -0.2) is 8.42 Å². The average molecular weight is 413 g/mol. The Bertz CT molecular complexity index is 359. The van der Waals surface area contributed by atoms with Crippen LogP contribution in [0.25, 0.3) is 0 Å². The Labute approximate surface area is 167 Å². The van der Waals surface area contributed by atoms with Crippen LogP contribution in [0.3, 0.4) is 0 Å². The summed E-state index contributed by atoms with van der Waals surface area (Å²) in [5.74, 6) is 2.87. The number of hydrogen-bond acceptors (Lipinski definition) is 4. The lowest BCUT2D eigenvalue weighted by Crippen LogP contribution is -2.06. The molecule has 0 aromatic rings. The van der Waals surface area contributed by atoms with Crippen LogP contribution in [-0.4, -0.2) is 37.8 Å². The van der Waals surface area contributed by atoms with Gasteiger partial charge in [-0.1, -0.05) is 84.0 Å². The largest absolute Gasteiger partial charge is 0.726 e. The summed E-state index contributed by atoms with van der Waals surface area (Å²) in [4.78, 5) is 0. The topological polar surface area (TPSA) is 66.4 Å². The van der Waals surface area contributed by atoms with E-state index < -0.39 is 10.4 Å². The molecule has 0 bridgehead atoms. The van der Waals surface area contributed by atoms with Gasteiger partial charge in [-0.05, 0) is 30.7 Å². The van der Waals surface area contributed by atoms with Crippen molar-refractivity contribution in [3.05, 3.63) is 0 Å². The summed E-state index contributed by atoms with van der Waals surface area (Å²) >= 11 is 0. The Kier molecular flexibility index (Phi) is 23.5. The highest BCUT2D eigenvalue weighted by molar-refractivity contribution is 7.96. The van der Waals surface area contributed by atoms with Gasteiger partial charge in [-0.2, -0.15) is 0 Å². The molecule has 0 spiro atoms. The third-order valence-corrected chi connectivity index (χ3v) is 6.92. The Hall–Kier alpha value is 0.220. The van der Waals surface area contributed by atoms with Gasteiger partial charge in [0.15, 0.2) is 0 Å². The second-order valence-electron chi connectivity index (χ2n) is 6.95. The maximum absolute atomic E-state index is 9.22. The highest BCUT2D eigenvalue weighted by Crippen LogP contribution is 2.13. The Morgan fingerprint density at radius 1 is 0.731 bits per heavy atom. The minimum absolute atomic E-state index is 0.707. The quantitative estimate of drug-likeness (QED) is 0.130. The summed E-state index contributed by atoms with van der Waals surface area (Å²) in [6.07, 6.45) is 23.0. The highest BCUT2D eigenvalue weighted by atomic mass is 32.3. The van der Waals surface area contributed by atoms with Crippen LogP contribution < -0.4 is 0 Å². The molecule has 0 aromatic heterocycles. The van der Waals surface area contributed by atoms with Crippen molar-refractivity contribution in [2.24, 2.45) is 0 Å². The molecule has 160 valence electrons. The molecule has 0 aliphatic rings. The van der Waals surface area contributed by atoms with Crippen molar-refractivity contribution >= 4 is 21.3 Å². The molecule has 0 saturated carbocycles. The minimum Gasteiger partial charge on any atom is -0.726 e. The molecular formula is C20H44O4S2. The number of rotatable bonds is 17. The number of unbranched alkanes of at least 4 members (excludes halogenated alkanes) is 13. The summed E-state index contributed by atoms with van der Waals surface area (Å²) in [5.41, 5.74) is 0. The monoisotopic (exact) mass is 412 g/mol. The molecule has 0 amide bonds. The fourth-order valence-electron chi connectivity index (χ4n) is 2.69. The van der Waals surface area contributed by atoms with Gasteiger partial charge in [-0.3, -0.25) is 4.18 Å². The smallest absolute Gasteiger partial charge is 0.217 e. The molecule has 0 heterocycles. The van der Waals surface area contributed by atoms with E-state index in [1.807, 2.05) is 0 Å². The van der Waals surface area contributed by atoms with Crippen molar-refractivity contribution in [3.8, 4) is 0 Å². The second-order valence-corrected chi connectivity index (χ2v) is 10.6. The van der Waals surface area contributed by atoms with Crippen LogP contribution in [-0.2, 0) is 25.5 Å². The van der Waals surface area contributed by atoms with Crippen molar-refractivity contribution in [2.75, 3.05) is 24.9 Å². The predicted octanol–water partition coefficient (Wildman–Crippen LogP) is 5.83. The summed E-state index contributed by atoms with van der Waals surface area (Å²) in [6.45, 7) is 4.62. The second kappa shape index (κ2) is 21.5. The Morgan fingerprint density at radius 2 is 1.04 bits per heavy atom. The molecule has 0 N–H and O–H groups in total.